The van der Waals surface area contributed by atoms with Gasteiger partial charge in [0.05, 0.1) is 45.6 Å². The van der Waals surface area contributed by atoms with Gasteiger partial charge in [0.2, 0.25) is 68.7 Å². The van der Waals surface area contributed by atoms with Gasteiger partial charge in [0.15, 0.2) is 0 Å². The minimum atomic E-state index is -2.22. The van der Waals surface area contributed by atoms with Crippen molar-refractivity contribution in [1.29, 1.82) is 0 Å². The molecule has 0 aliphatic rings. The van der Waals surface area contributed by atoms with Gasteiger partial charge >= 0.3 is 0 Å². The lowest BCUT2D eigenvalue weighted by molar-refractivity contribution is -0.649. The summed E-state index contributed by atoms with van der Waals surface area (Å²) in [5.74, 6) is 3.63. The average Bonchev–Trinajstić information content (AvgIpc) is 1.66. The molecule has 0 unspecified atom stereocenters. The van der Waals surface area contributed by atoms with E-state index >= 15 is 0 Å². The summed E-state index contributed by atoms with van der Waals surface area (Å²) < 4.78 is 49.7. The Kier molecular flexibility index (Phi) is 18.5. The number of fused-ring (bicyclic) bond motifs is 4. The third-order valence-corrected chi connectivity index (χ3v) is 22.6. The van der Waals surface area contributed by atoms with Gasteiger partial charge in [0, 0.05) is 126 Å². The molecule has 0 radical (unpaired) electrons. The number of hydrogen-bond donors (Lipinski definition) is 0. The Balaban J connectivity index is 0.000000129. The van der Waals surface area contributed by atoms with E-state index < -0.39 is 6.85 Å². The molecular weight excluding hydrogens is 1320 g/mol. The molecule has 0 amide bonds. The Bertz CT molecular complexity index is 6360. The van der Waals surface area contributed by atoms with E-state index in [1.54, 1.807) is 0 Å². The van der Waals surface area contributed by atoms with Gasteiger partial charge in [-0.2, -0.15) is 18.3 Å². The quantitative estimate of drug-likeness (QED) is 0.141. The zero-order valence-electron chi connectivity index (χ0n) is 70.6. The molecule has 0 atom stereocenters. The van der Waals surface area contributed by atoms with Crippen LogP contribution in [0.1, 0.15) is 111 Å². The third kappa shape index (κ3) is 12.5. The van der Waals surface area contributed by atoms with E-state index in [2.05, 4.69) is 356 Å². The standard InChI is InChI=1S/3C23H27N4.C22H25N4/c1-14-11-12-19(15(2)13-14)20-9-8-10-21(25(20)6)22-18(5)27-17(4)16(3)24-23(27)26(22)7;1-14-11-12-15(2)19(13-14)20-9-8-10-21(25(20)6)22-18(5)27-17(4)16(3)24-23(27)26(22)7;1-14-12-20(19-11-9-8-10-15(19)2)25(6)21(13-14)22-18(5)27-17(4)16(3)24-23(27)26(22)7;1-14-10-7-8-11-18(14)19-12-9-13-20(24(19)5)21-17(4)26-16(3)15(2)23-22(26)25(21)6/h3*8-13H,1-7H3;7-13H,1-6H3/q4*+1/i;;;2D3. The second-order valence-electron chi connectivity index (χ2n) is 29.6. The van der Waals surface area contributed by atoms with Crippen molar-refractivity contribution in [3.63, 3.8) is 0 Å². The molecule has 12 heterocycles. The van der Waals surface area contributed by atoms with Crippen molar-refractivity contribution in [2.45, 2.75) is 131 Å². The second-order valence-corrected chi connectivity index (χ2v) is 29.6. The van der Waals surface area contributed by atoms with Gasteiger partial charge in [-0.05, 0) is 202 Å². The van der Waals surface area contributed by atoms with Crippen molar-refractivity contribution in [2.75, 3.05) is 0 Å². The van der Waals surface area contributed by atoms with E-state index in [1.807, 2.05) is 35.9 Å². The lowest BCUT2D eigenvalue weighted by Gasteiger charge is -2.10. The fraction of sp³-hybridized carbons (Fsp3) is 0.297. The van der Waals surface area contributed by atoms with Crippen molar-refractivity contribution in [1.82, 2.24) is 55.8 Å². The summed E-state index contributed by atoms with van der Waals surface area (Å²) in [6.45, 7) is 35.9. The van der Waals surface area contributed by atoms with Crippen molar-refractivity contribution >= 4 is 23.1 Å². The number of aryl methyl sites for hydroxylation is 23. The number of pyridine rings is 4. The van der Waals surface area contributed by atoms with Gasteiger partial charge in [-0.1, -0.05) is 71.8 Å². The molecule has 546 valence electrons. The Hall–Kier alpha value is -11.5. The average molecular weight is 1430 g/mol. The first kappa shape index (κ1) is 69.8. The lowest BCUT2D eigenvalue weighted by atomic mass is 10.0. The maximum atomic E-state index is 7.77. The first-order chi connectivity index (χ1) is 52.0. The molecule has 0 saturated heterocycles. The number of nitrogens with zero attached hydrogens (tertiary/aromatic N) is 16. The van der Waals surface area contributed by atoms with Crippen LogP contribution in [0, 0.1) is 131 Å². The predicted molar refractivity (Wildman–Crippen MR) is 435 cm³/mol. The molecule has 16 heteroatoms. The van der Waals surface area contributed by atoms with Crippen LogP contribution in [0.15, 0.2) is 152 Å². The van der Waals surface area contributed by atoms with Crippen molar-refractivity contribution in [2.24, 2.45) is 56.4 Å². The molecule has 16 aromatic rings. The van der Waals surface area contributed by atoms with Crippen LogP contribution in [0.4, 0.5) is 0 Å². The van der Waals surface area contributed by atoms with Crippen molar-refractivity contribution in [3.05, 3.63) is 259 Å². The summed E-state index contributed by atoms with van der Waals surface area (Å²) in [5, 5.41) is 0. The first-order valence-corrected chi connectivity index (χ1v) is 36.9. The smallest absolute Gasteiger partial charge is 0.231 e. The van der Waals surface area contributed by atoms with E-state index in [1.165, 1.54) is 147 Å². The number of rotatable bonds is 8. The van der Waals surface area contributed by atoms with Gasteiger partial charge in [-0.3, -0.25) is 17.6 Å². The summed E-state index contributed by atoms with van der Waals surface area (Å²) in [5.41, 5.74) is 40.3. The highest BCUT2D eigenvalue weighted by Crippen LogP contribution is 2.35. The first-order valence-electron chi connectivity index (χ1n) is 38.4. The minimum Gasteiger partial charge on any atom is -0.308 e. The second kappa shape index (κ2) is 28.4. The summed E-state index contributed by atoms with van der Waals surface area (Å²) >= 11 is 0. The molecule has 4 aromatic carbocycles. The fourth-order valence-corrected chi connectivity index (χ4v) is 16.4. The van der Waals surface area contributed by atoms with E-state index in [0.29, 0.717) is 11.5 Å². The van der Waals surface area contributed by atoms with Crippen LogP contribution in [0.2, 0.25) is 0 Å². The van der Waals surface area contributed by atoms with Crippen molar-refractivity contribution in [3.8, 4) is 90.6 Å². The summed E-state index contributed by atoms with van der Waals surface area (Å²) in [6, 6.07) is 54.1. The van der Waals surface area contributed by atoms with Gasteiger partial charge < -0.3 is 18.3 Å². The highest BCUT2D eigenvalue weighted by atomic mass is 15.3. The SMILES string of the molecule is Cc1cc(-c2ccccc2C)[n+](C)c(-c2c(C)n3c(C)c(C)nc3n2C)c1.Cc1ccc(-c2cccc(-c3c(C)n4c(C)c(C)nc4n3C)[n+]2C)c(C)c1.Cc1ccc(C)c(-c2cccc(-c3c(C)n4c(C)c(C)nc4n3C)[n+]2C)c1.[2H]C([2H])([2H])c1nc2n(C)c(-c3cccc(-c4ccccc4C)[n+]3C)c(C)n2c1C. The zero-order valence-corrected chi connectivity index (χ0v) is 67.6. The molecule has 0 N–H and O–H groups in total. The van der Waals surface area contributed by atoms with Gasteiger partial charge in [-0.15, -0.1) is 0 Å². The minimum absolute atomic E-state index is 0.163. The van der Waals surface area contributed by atoms with Gasteiger partial charge in [0.1, 0.15) is 51.0 Å². The molecule has 12 aromatic heterocycles. The normalized spacial score (nSPS) is 12.0. The van der Waals surface area contributed by atoms with E-state index in [4.69, 9.17) is 19.1 Å². The maximum absolute atomic E-state index is 7.77. The number of hydrogen-bond acceptors (Lipinski definition) is 4. The maximum Gasteiger partial charge on any atom is 0.231 e. The predicted octanol–water partition coefficient (Wildman–Crippen LogP) is 17.2. The molecule has 0 bridgehead atoms. The molecular formula is C91H106N16+4. The van der Waals surface area contributed by atoms with E-state index in [-0.39, 0.29) is 5.69 Å². The lowest BCUT2D eigenvalue weighted by Crippen LogP contribution is -2.35. The molecule has 16 nitrogen and oxygen atoms in total. The molecule has 0 saturated carbocycles. The van der Waals surface area contributed by atoms with Crippen LogP contribution < -0.4 is 18.3 Å². The van der Waals surface area contributed by atoms with Crippen LogP contribution in [0.3, 0.4) is 0 Å². The van der Waals surface area contributed by atoms with Gasteiger partial charge in [-0.25, -0.2) is 19.9 Å². The fourth-order valence-electron chi connectivity index (χ4n) is 16.4. The summed E-state index contributed by atoms with van der Waals surface area (Å²) in [7, 11) is 16.8. The summed E-state index contributed by atoms with van der Waals surface area (Å²) in [6.07, 6.45) is 0. The van der Waals surface area contributed by atoms with Crippen LogP contribution in [-0.2, 0) is 56.4 Å². The molecule has 0 aliphatic heterocycles. The monoisotopic (exact) mass is 1430 g/mol. The molecule has 0 aliphatic carbocycles. The van der Waals surface area contributed by atoms with Gasteiger partial charge in [0.25, 0.3) is 0 Å². The number of imidazole rings is 8. The van der Waals surface area contributed by atoms with Crippen LogP contribution in [0.5, 0.6) is 0 Å². The Morgan fingerprint density at radius 2 is 0.551 bits per heavy atom. The third-order valence-electron chi connectivity index (χ3n) is 22.6. The van der Waals surface area contributed by atoms with E-state index in [9.17, 15) is 0 Å². The topological polar surface area (TPSA) is 104 Å². The molecule has 0 fully saturated rings. The highest BCUT2D eigenvalue weighted by Gasteiger charge is 2.31. The van der Waals surface area contributed by atoms with Crippen LogP contribution >= 0.6 is 0 Å². The Morgan fingerprint density at radius 1 is 0.252 bits per heavy atom. The Labute approximate surface area is 635 Å². The zero-order chi connectivity index (χ0) is 79.5. The summed E-state index contributed by atoms with van der Waals surface area (Å²) in [4.78, 5) is 18.8. The van der Waals surface area contributed by atoms with Crippen molar-refractivity contribution < 1.29 is 22.4 Å². The largest absolute Gasteiger partial charge is 0.308 e. The highest BCUT2D eigenvalue weighted by molar-refractivity contribution is 5.71. The van der Waals surface area contributed by atoms with Crippen LogP contribution in [0.25, 0.3) is 114 Å². The van der Waals surface area contributed by atoms with Crippen LogP contribution in [-0.4, -0.2) is 55.8 Å². The molecule has 107 heavy (non-hydrogen) atoms. The number of benzene rings is 4. The number of aromatic nitrogens is 16. The Morgan fingerprint density at radius 3 is 0.935 bits per heavy atom. The molecule has 0 spiro atoms. The van der Waals surface area contributed by atoms with E-state index in [0.717, 1.165) is 57.2 Å². The molecule has 16 rings (SSSR count).